The van der Waals surface area contributed by atoms with Gasteiger partial charge in [0.05, 0.1) is 6.20 Å². The van der Waals surface area contributed by atoms with Crippen LogP contribution in [-0.4, -0.2) is 34.8 Å². The average Bonchev–Trinajstić information content (AvgIpc) is 2.78. The molecule has 3 aromatic rings. The number of halogens is 1. The van der Waals surface area contributed by atoms with Gasteiger partial charge < -0.3 is 0 Å². The fourth-order valence-corrected chi connectivity index (χ4v) is 5.06. The minimum absolute atomic E-state index is 0.267. The van der Waals surface area contributed by atoms with Crippen molar-refractivity contribution in [3.8, 4) is 22.3 Å². The van der Waals surface area contributed by atoms with Crippen LogP contribution in [0.4, 0.5) is 4.39 Å². The van der Waals surface area contributed by atoms with Crippen molar-refractivity contribution >= 4 is 8.58 Å². The van der Waals surface area contributed by atoms with E-state index in [0.717, 1.165) is 43.9 Å². The lowest BCUT2D eigenvalue weighted by atomic mass is 9.90. The van der Waals surface area contributed by atoms with Gasteiger partial charge in [-0.15, -0.1) is 8.58 Å². The first kappa shape index (κ1) is 25.5. The summed E-state index contributed by atoms with van der Waals surface area (Å²) in [5, 5.41) is 0. The predicted octanol–water partition coefficient (Wildman–Crippen LogP) is 7.64. The van der Waals surface area contributed by atoms with Gasteiger partial charge in [-0.1, -0.05) is 30.3 Å². The van der Waals surface area contributed by atoms with Crippen LogP contribution in [0.25, 0.3) is 22.3 Å². The van der Waals surface area contributed by atoms with Crippen molar-refractivity contribution in [3.05, 3.63) is 76.9 Å². The van der Waals surface area contributed by atoms with E-state index in [1.807, 2.05) is 13.0 Å². The minimum atomic E-state index is -0.267. The van der Waals surface area contributed by atoms with Crippen molar-refractivity contribution in [2.24, 2.45) is 0 Å². The Morgan fingerprint density at radius 2 is 1.67 bits per heavy atom. The second-order valence-electron chi connectivity index (χ2n) is 9.54. The molecule has 0 saturated heterocycles. The minimum Gasteiger partial charge on any atom is -0.294 e. The fraction of sp³-hybridized carbons (Fsp3) is 0.414. The summed E-state index contributed by atoms with van der Waals surface area (Å²) in [5.74, 6) is -0.267. The Hall–Kier alpha value is -2.09. The highest BCUT2D eigenvalue weighted by atomic mass is 31.1. The molecule has 0 bridgehead atoms. The summed E-state index contributed by atoms with van der Waals surface area (Å²) in [6.07, 6.45) is 3.69. The molecule has 1 aromatic heterocycles. The van der Waals surface area contributed by atoms with Gasteiger partial charge in [0.2, 0.25) is 0 Å². The third kappa shape index (κ3) is 6.28. The van der Waals surface area contributed by atoms with Crippen LogP contribution in [0.2, 0.25) is 0 Å². The van der Waals surface area contributed by atoms with Crippen LogP contribution in [0.5, 0.6) is 0 Å². The largest absolute Gasteiger partial charge is 0.294 e. The molecule has 2 nitrogen and oxygen atoms in total. The van der Waals surface area contributed by atoms with Gasteiger partial charge in [0, 0.05) is 29.9 Å². The zero-order chi connectivity index (χ0) is 24.1. The quantitative estimate of drug-likeness (QED) is 0.303. The van der Waals surface area contributed by atoms with Gasteiger partial charge in [-0.3, -0.25) is 9.88 Å². The Kier molecular flexibility index (Phi) is 8.79. The summed E-state index contributed by atoms with van der Waals surface area (Å²) in [4.78, 5) is 6.61. The van der Waals surface area contributed by atoms with E-state index in [4.69, 9.17) is 0 Å². The molecule has 0 radical (unpaired) electrons. The Bertz CT molecular complexity index is 1080. The Morgan fingerprint density at radius 1 is 0.939 bits per heavy atom. The number of nitrogens with zero attached hydrogens (tertiary/aromatic N) is 2. The second-order valence-corrected chi connectivity index (χ2v) is 10.8. The number of aryl methyl sites for hydroxylation is 3. The van der Waals surface area contributed by atoms with Gasteiger partial charge in [-0.25, -0.2) is 4.39 Å². The lowest BCUT2D eigenvalue weighted by Crippen LogP contribution is -2.36. The molecule has 1 unspecified atom stereocenters. The zero-order valence-corrected chi connectivity index (χ0v) is 22.2. The maximum Gasteiger partial charge on any atom is 0.149 e. The van der Waals surface area contributed by atoms with Crippen molar-refractivity contribution in [2.45, 2.75) is 66.6 Å². The van der Waals surface area contributed by atoms with Crippen LogP contribution in [0, 0.1) is 19.7 Å². The molecule has 1 atom stereocenters. The van der Waals surface area contributed by atoms with E-state index in [2.05, 4.69) is 87.6 Å². The predicted molar refractivity (Wildman–Crippen MR) is 143 cm³/mol. The molecule has 0 aliphatic rings. The van der Waals surface area contributed by atoms with E-state index in [-0.39, 0.29) is 5.82 Å². The summed E-state index contributed by atoms with van der Waals surface area (Å²) in [6, 6.07) is 16.0. The Morgan fingerprint density at radius 3 is 2.33 bits per heavy atom. The van der Waals surface area contributed by atoms with E-state index < -0.39 is 0 Å². The van der Waals surface area contributed by atoms with Gasteiger partial charge >= 0.3 is 0 Å². The van der Waals surface area contributed by atoms with Crippen molar-refractivity contribution in [1.82, 2.24) is 9.88 Å². The number of pyridine rings is 1. The molecule has 0 fully saturated rings. The molecular formula is C29H38FN2P. The zero-order valence-electron chi connectivity index (χ0n) is 21.2. The van der Waals surface area contributed by atoms with Gasteiger partial charge in [0.1, 0.15) is 5.82 Å². The highest BCUT2D eigenvalue weighted by molar-refractivity contribution is 7.36. The van der Waals surface area contributed by atoms with Crippen LogP contribution in [0.15, 0.2) is 48.7 Å². The third-order valence-electron chi connectivity index (χ3n) is 6.31. The topological polar surface area (TPSA) is 16.1 Å². The molecule has 0 spiro atoms. The molecule has 33 heavy (non-hydrogen) atoms. The first-order chi connectivity index (χ1) is 15.7. The second kappa shape index (κ2) is 11.4. The number of aromatic nitrogens is 1. The monoisotopic (exact) mass is 464 g/mol. The first-order valence-corrected chi connectivity index (χ1v) is 13.7. The lowest BCUT2D eigenvalue weighted by Gasteiger charge is -2.32. The van der Waals surface area contributed by atoms with Crippen LogP contribution in [-0.2, 0) is 13.0 Å². The summed E-state index contributed by atoms with van der Waals surface area (Å²) in [7, 11) is 0.968. The van der Waals surface area contributed by atoms with Crippen LogP contribution >= 0.6 is 8.58 Å². The Balaban J connectivity index is 2.17. The number of hydrogen-bond donors (Lipinski definition) is 0. The highest BCUT2D eigenvalue weighted by Gasteiger charge is 2.20. The third-order valence-corrected chi connectivity index (χ3v) is 7.06. The van der Waals surface area contributed by atoms with Crippen molar-refractivity contribution in [1.29, 1.82) is 0 Å². The van der Waals surface area contributed by atoms with Crippen LogP contribution in [0.1, 0.15) is 50.1 Å². The molecular weight excluding hydrogens is 426 g/mol. The maximum absolute atomic E-state index is 14.9. The summed E-state index contributed by atoms with van der Waals surface area (Å²) in [6.45, 7) is 16.0. The average molecular weight is 465 g/mol. The van der Waals surface area contributed by atoms with E-state index in [1.165, 1.54) is 29.0 Å². The van der Waals surface area contributed by atoms with Gasteiger partial charge in [-0.05, 0) is 106 Å². The molecule has 0 saturated carbocycles. The molecule has 0 aliphatic carbocycles. The number of benzene rings is 2. The van der Waals surface area contributed by atoms with Crippen molar-refractivity contribution in [2.75, 3.05) is 12.8 Å². The van der Waals surface area contributed by atoms with Gasteiger partial charge in [0.15, 0.2) is 0 Å². The summed E-state index contributed by atoms with van der Waals surface area (Å²) in [5.41, 5.74) is 8.60. The molecule has 4 heteroatoms. The van der Waals surface area contributed by atoms with Crippen molar-refractivity contribution < 1.29 is 4.39 Å². The fourth-order valence-electron chi connectivity index (χ4n) is 4.52. The van der Waals surface area contributed by atoms with Gasteiger partial charge in [0.25, 0.3) is 0 Å². The molecule has 0 N–H and O–H groups in total. The van der Waals surface area contributed by atoms with E-state index in [0.29, 0.717) is 17.6 Å². The standard InChI is InChI=1S/C29H38FN2P/c1-19(2)32(20(3)4)18-25-16-26(24-10-8-9-23(15-24)11-12-33-7)21(5)13-27(25)28-14-22(6)31-17-29(28)30/h8-10,13-17,19-20,33H,11-12,18H2,1-7H3. The SMILES string of the molecule is CPCCc1cccc(-c2cc(CN(C(C)C)C(C)C)c(-c3cc(C)ncc3F)cc2C)c1. The Labute approximate surface area is 201 Å². The number of hydrogen-bond acceptors (Lipinski definition) is 2. The molecule has 3 rings (SSSR count). The molecule has 2 aromatic carbocycles. The summed E-state index contributed by atoms with van der Waals surface area (Å²) < 4.78 is 14.9. The summed E-state index contributed by atoms with van der Waals surface area (Å²) >= 11 is 0. The molecule has 176 valence electrons. The highest BCUT2D eigenvalue weighted by Crippen LogP contribution is 2.35. The van der Waals surface area contributed by atoms with E-state index in [1.54, 1.807) is 0 Å². The van der Waals surface area contributed by atoms with E-state index >= 15 is 0 Å². The molecule has 0 aliphatic heterocycles. The number of rotatable bonds is 9. The normalized spacial score (nSPS) is 12.1. The smallest absolute Gasteiger partial charge is 0.149 e. The van der Waals surface area contributed by atoms with E-state index in [9.17, 15) is 4.39 Å². The molecule has 1 heterocycles. The lowest BCUT2D eigenvalue weighted by molar-refractivity contribution is 0.166. The van der Waals surface area contributed by atoms with Crippen molar-refractivity contribution in [3.63, 3.8) is 0 Å². The van der Waals surface area contributed by atoms with Gasteiger partial charge in [-0.2, -0.15) is 0 Å². The molecule has 0 amide bonds. The van der Waals surface area contributed by atoms with Crippen LogP contribution in [0.3, 0.4) is 0 Å². The first-order valence-electron chi connectivity index (χ1n) is 12.0. The van der Waals surface area contributed by atoms with Crippen LogP contribution < -0.4 is 0 Å². The maximum atomic E-state index is 14.9.